The van der Waals surface area contributed by atoms with Gasteiger partial charge in [-0.3, -0.25) is 4.79 Å². The SMILES string of the molecule is CCCCNC(=O)C1NCCc2ccccc21. The number of rotatable bonds is 4. The molecule has 2 N–H and O–H groups in total. The molecule has 1 aromatic carbocycles. The number of carbonyl (C=O) groups is 1. The van der Waals surface area contributed by atoms with Crippen LogP contribution in [0.25, 0.3) is 0 Å². The van der Waals surface area contributed by atoms with Crippen LogP contribution in [0.3, 0.4) is 0 Å². The van der Waals surface area contributed by atoms with Crippen molar-refractivity contribution in [3.63, 3.8) is 0 Å². The molecule has 2 rings (SSSR count). The molecular weight excluding hydrogens is 212 g/mol. The van der Waals surface area contributed by atoms with Crippen LogP contribution in [0.4, 0.5) is 0 Å². The van der Waals surface area contributed by atoms with Gasteiger partial charge in [0, 0.05) is 13.1 Å². The lowest BCUT2D eigenvalue weighted by Crippen LogP contribution is -2.41. The van der Waals surface area contributed by atoms with Crippen molar-refractivity contribution in [2.45, 2.75) is 32.2 Å². The second-order valence-corrected chi connectivity index (χ2v) is 4.48. The van der Waals surface area contributed by atoms with Crippen LogP contribution in [-0.4, -0.2) is 19.0 Å². The highest BCUT2D eigenvalue weighted by atomic mass is 16.2. The van der Waals surface area contributed by atoms with Gasteiger partial charge in [0.25, 0.3) is 0 Å². The van der Waals surface area contributed by atoms with Crippen molar-refractivity contribution in [3.05, 3.63) is 35.4 Å². The minimum absolute atomic E-state index is 0.102. The molecule has 0 fully saturated rings. The molecule has 0 bridgehead atoms. The van der Waals surface area contributed by atoms with Crippen LogP contribution in [-0.2, 0) is 11.2 Å². The van der Waals surface area contributed by atoms with Gasteiger partial charge in [-0.25, -0.2) is 0 Å². The molecule has 92 valence electrons. The second kappa shape index (κ2) is 5.82. The summed E-state index contributed by atoms with van der Waals surface area (Å²) in [6.45, 7) is 3.78. The molecule has 1 unspecified atom stereocenters. The summed E-state index contributed by atoms with van der Waals surface area (Å²) < 4.78 is 0. The molecule has 17 heavy (non-hydrogen) atoms. The van der Waals surface area contributed by atoms with Gasteiger partial charge < -0.3 is 10.6 Å². The fourth-order valence-corrected chi connectivity index (χ4v) is 2.23. The van der Waals surface area contributed by atoms with E-state index in [0.29, 0.717) is 0 Å². The Bertz CT molecular complexity index is 390. The molecule has 3 nitrogen and oxygen atoms in total. The first-order valence-corrected chi connectivity index (χ1v) is 6.42. The molecule has 0 aliphatic carbocycles. The zero-order valence-electron chi connectivity index (χ0n) is 10.3. The van der Waals surface area contributed by atoms with Gasteiger partial charge >= 0.3 is 0 Å². The molecule has 1 aliphatic rings. The third-order valence-corrected chi connectivity index (χ3v) is 3.20. The number of nitrogens with one attached hydrogen (secondary N) is 2. The highest BCUT2D eigenvalue weighted by molar-refractivity contribution is 5.83. The normalized spacial score (nSPS) is 18.5. The monoisotopic (exact) mass is 232 g/mol. The van der Waals surface area contributed by atoms with E-state index in [0.717, 1.165) is 37.9 Å². The molecule has 1 amide bonds. The zero-order chi connectivity index (χ0) is 12.1. The molecule has 0 saturated heterocycles. The van der Waals surface area contributed by atoms with Crippen LogP contribution in [0.5, 0.6) is 0 Å². The Morgan fingerprint density at radius 3 is 3.12 bits per heavy atom. The van der Waals surface area contributed by atoms with Crippen molar-refractivity contribution < 1.29 is 4.79 Å². The summed E-state index contributed by atoms with van der Waals surface area (Å²) in [6.07, 6.45) is 3.16. The smallest absolute Gasteiger partial charge is 0.241 e. The van der Waals surface area contributed by atoms with Gasteiger partial charge in [0.2, 0.25) is 5.91 Å². The van der Waals surface area contributed by atoms with Crippen LogP contribution in [0, 0.1) is 0 Å². The lowest BCUT2D eigenvalue weighted by molar-refractivity contribution is -0.123. The minimum atomic E-state index is -0.170. The molecule has 1 aromatic rings. The first kappa shape index (κ1) is 12.1. The molecular formula is C14H20N2O. The summed E-state index contributed by atoms with van der Waals surface area (Å²) in [6, 6.07) is 8.03. The number of hydrogen-bond donors (Lipinski definition) is 2. The predicted octanol–water partition coefficient (Wildman–Crippen LogP) is 1.79. The minimum Gasteiger partial charge on any atom is -0.354 e. The van der Waals surface area contributed by atoms with Crippen LogP contribution >= 0.6 is 0 Å². The van der Waals surface area contributed by atoms with Crippen LogP contribution < -0.4 is 10.6 Å². The predicted molar refractivity (Wildman–Crippen MR) is 68.8 cm³/mol. The number of fused-ring (bicyclic) bond motifs is 1. The lowest BCUT2D eigenvalue weighted by Gasteiger charge is -2.26. The maximum Gasteiger partial charge on any atom is 0.241 e. The summed E-state index contributed by atoms with van der Waals surface area (Å²) in [4.78, 5) is 12.1. The Labute approximate surface area is 103 Å². The van der Waals surface area contributed by atoms with Gasteiger partial charge in [-0.15, -0.1) is 0 Å². The maximum absolute atomic E-state index is 12.1. The van der Waals surface area contributed by atoms with E-state index in [2.05, 4.69) is 23.6 Å². The molecule has 1 atom stereocenters. The van der Waals surface area contributed by atoms with E-state index in [1.165, 1.54) is 5.56 Å². The second-order valence-electron chi connectivity index (χ2n) is 4.48. The lowest BCUT2D eigenvalue weighted by atomic mass is 9.94. The van der Waals surface area contributed by atoms with E-state index in [1.54, 1.807) is 0 Å². The van der Waals surface area contributed by atoms with Crippen molar-refractivity contribution in [2.75, 3.05) is 13.1 Å². The molecule has 0 radical (unpaired) electrons. The summed E-state index contributed by atoms with van der Waals surface area (Å²) in [5.41, 5.74) is 2.43. The van der Waals surface area contributed by atoms with Crippen LogP contribution in [0.1, 0.15) is 36.9 Å². The number of unbranched alkanes of at least 4 members (excludes halogenated alkanes) is 1. The highest BCUT2D eigenvalue weighted by Crippen LogP contribution is 2.22. The summed E-state index contributed by atoms with van der Waals surface area (Å²) in [5.74, 6) is 0.102. The Balaban J connectivity index is 2.05. The van der Waals surface area contributed by atoms with E-state index in [9.17, 15) is 4.79 Å². The summed E-state index contributed by atoms with van der Waals surface area (Å²) in [5, 5.41) is 6.28. The average Bonchev–Trinajstić information content (AvgIpc) is 2.38. The third-order valence-electron chi connectivity index (χ3n) is 3.20. The summed E-state index contributed by atoms with van der Waals surface area (Å²) >= 11 is 0. The number of hydrogen-bond acceptors (Lipinski definition) is 2. The van der Waals surface area contributed by atoms with E-state index in [1.807, 2.05) is 18.2 Å². The van der Waals surface area contributed by atoms with Crippen LogP contribution in [0.2, 0.25) is 0 Å². The fraction of sp³-hybridized carbons (Fsp3) is 0.500. The first-order chi connectivity index (χ1) is 8.33. The van der Waals surface area contributed by atoms with Crippen LogP contribution in [0.15, 0.2) is 24.3 Å². The van der Waals surface area contributed by atoms with Gasteiger partial charge in [0.15, 0.2) is 0 Å². The van der Waals surface area contributed by atoms with Gasteiger partial charge in [-0.05, 0) is 24.0 Å². The van der Waals surface area contributed by atoms with E-state index in [4.69, 9.17) is 0 Å². The number of benzene rings is 1. The average molecular weight is 232 g/mol. The highest BCUT2D eigenvalue weighted by Gasteiger charge is 2.24. The topological polar surface area (TPSA) is 41.1 Å². The van der Waals surface area contributed by atoms with Crippen molar-refractivity contribution >= 4 is 5.91 Å². The van der Waals surface area contributed by atoms with Gasteiger partial charge in [0.05, 0.1) is 0 Å². The van der Waals surface area contributed by atoms with E-state index >= 15 is 0 Å². The molecule has 0 saturated carbocycles. The van der Waals surface area contributed by atoms with E-state index in [-0.39, 0.29) is 11.9 Å². The molecule has 1 aliphatic heterocycles. The largest absolute Gasteiger partial charge is 0.354 e. The Morgan fingerprint density at radius 2 is 2.29 bits per heavy atom. The van der Waals surface area contributed by atoms with Gasteiger partial charge in [-0.1, -0.05) is 37.6 Å². The van der Waals surface area contributed by atoms with Crippen molar-refractivity contribution in [1.29, 1.82) is 0 Å². The van der Waals surface area contributed by atoms with Gasteiger partial charge in [0.1, 0.15) is 6.04 Å². The number of carbonyl (C=O) groups excluding carboxylic acids is 1. The summed E-state index contributed by atoms with van der Waals surface area (Å²) in [7, 11) is 0. The van der Waals surface area contributed by atoms with E-state index < -0.39 is 0 Å². The molecule has 1 heterocycles. The molecule has 3 heteroatoms. The Hall–Kier alpha value is -1.35. The Kier molecular flexibility index (Phi) is 4.15. The Morgan fingerprint density at radius 1 is 1.47 bits per heavy atom. The maximum atomic E-state index is 12.1. The van der Waals surface area contributed by atoms with Crippen molar-refractivity contribution in [1.82, 2.24) is 10.6 Å². The zero-order valence-corrected chi connectivity index (χ0v) is 10.3. The first-order valence-electron chi connectivity index (χ1n) is 6.42. The standard InChI is InChI=1S/C14H20N2O/c1-2-3-9-16-14(17)13-12-7-5-4-6-11(12)8-10-15-13/h4-7,13,15H,2-3,8-10H2,1H3,(H,16,17). The fourth-order valence-electron chi connectivity index (χ4n) is 2.23. The van der Waals surface area contributed by atoms with Crippen molar-refractivity contribution in [3.8, 4) is 0 Å². The van der Waals surface area contributed by atoms with Crippen molar-refractivity contribution in [2.24, 2.45) is 0 Å². The number of amides is 1. The quantitative estimate of drug-likeness (QED) is 0.777. The molecule has 0 spiro atoms. The third kappa shape index (κ3) is 2.86. The molecule has 0 aromatic heterocycles. The van der Waals surface area contributed by atoms with Gasteiger partial charge in [-0.2, -0.15) is 0 Å².